The van der Waals surface area contributed by atoms with Crippen molar-refractivity contribution in [3.05, 3.63) is 29.6 Å². The number of alkyl carbamates (subject to hydrolysis) is 1. The molecule has 23 heavy (non-hydrogen) atoms. The van der Waals surface area contributed by atoms with Crippen molar-refractivity contribution >= 4 is 12.1 Å². The van der Waals surface area contributed by atoms with Crippen molar-refractivity contribution in [2.45, 2.75) is 44.8 Å². The molecule has 0 saturated carbocycles. The van der Waals surface area contributed by atoms with Gasteiger partial charge >= 0.3 is 12.1 Å². The molecule has 2 N–H and O–H groups in total. The van der Waals surface area contributed by atoms with Crippen LogP contribution in [0, 0.1) is 5.82 Å². The lowest BCUT2D eigenvalue weighted by atomic mass is 9.86. The summed E-state index contributed by atoms with van der Waals surface area (Å²) in [6.07, 6.45) is -0.474. The Hall–Kier alpha value is -2.31. The van der Waals surface area contributed by atoms with Crippen molar-refractivity contribution in [2.24, 2.45) is 0 Å². The van der Waals surface area contributed by atoms with E-state index in [1.165, 1.54) is 12.1 Å². The van der Waals surface area contributed by atoms with Gasteiger partial charge in [0, 0.05) is 11.5 Å². The maximum atomic E-state index is 13.8. The quantitative estimate of drug-likeness (QED) is 0.892. The smallest absolute Gasteiger partial charge is 0.408 e. The van der Waals surface area contributed by atoms with Crippen LogP contribution in [0.15, 0.2) is 18.2 Å². The Labute approximate surface area is 133 Å². The number of rotatable bonds is 3. The Morgan fingerprint density at radius 1 is 1.43 bits per heavy atom. The molecule has 1 heterocycles. The molecule has 0 saturated heterocycles. The van der Waals surface area contributed by atoms with Crippen LogP contribution in [0.2, 0.25) is 0 Å². The highest BCUT2D eigenvalue weighted by atomic mass is 19.1. The summed E-state index contributed by atoms with van der Waals surface area (Å²) in [5, 5.41) is 11.8. The molecule has 0 fully saturated rings. The fourth-order valence-electron chi connectivity index (χ4n) is 2.53. The fourth-order valence-corrected chi connectivity index (χ4v) is 2.53. The minimum atomic E-state index is -1.23. The van der Waals surface area contributed by atoms with E-state index in [1.54, 1.807) is 26.8 Å². The van der Waals surface area contributed by atoms with Gasteiger partial charge in [0.2, 0.25) is 0 Å². The van der Waals surface area contributed by atoms with Crippen LogP contribution < -0.4 is 10.1 Å². The third-order valence-corrected chi connectivity index (χ3v) is 3.41. The highest BCUT2D eigenvalue weighted by Gasteiger charge is 2.36. The molecule has 126 valence electrons. The molecule has 0 aliphatic carbocycles. The van der Waals surface area contributed by atoms with Crippen LogP contribution in [0.1, 0.15) is 38.7 Å². The summed E-state index contributed by atoms with van der Waals surface area (Å²) in [5.41, 5.74) is -0.313. The van der Waals surface area contributed by atoms with Crippen molar-refractivity contribution < 1.29 is 28.6 Å². The second-order valence-corrected chi connectivity index (χ2v) is 6.36. The van der Waals surface area contributed by atoms with E-state index < -0.39 is 35.4 Å². The van der Waals surface area contributed by atoms with Crippen LogP contribution in [0.5, 0.6) is 5.75 Å². The summed E-state index contributed by atoms with van der Waals surface area (Å²) >= 11 is 0. The largest absolute Gasteiger partial charge is 0.490 e. The van der Waals surface area contributed by atoms with Gasteiger partial charge in [-0.2, -0.15) is 0 Å². The topological polar surface area (TPSA) is 84.9 Å². The standard InChI is InChI=1S/C16H20FNO5/c1-16(2,3)23-15(21)18-12(14(19)20)9-7-8-22-13-10(9)5-4-6-11(13)17/h4-6,9,12H,7-8H2,1-3H3,(H,18,21)(H,19,20)/t9-,12?/m0/s1. The maximum Gasteiger partial charge on any atom is 0.408 e. The van der Waals surface area contributed by atoms with E-state index in [4.69, 9.17) is 9.47 Å². The predicted octanol–water partition coefficient (Wildman–Crippen LogP) is 2.67. The molecule has 0 bridgehead atoms. The number of halogens is 1. The summed E-state index contributed by atoms with van der Waals surface area (Å²) < 4.78 is 24.2. The van der Waals surface area contributed by atoms with Crippen LogP contribution in [-0.4, -0.2) is 35.4 Å². The summed E-state index contributed by atoms with van der Waals surface area (Å²) in [7, 11) is 0. The maximum absolute atomic E-state index is 13.8. The summed E-state index contributed by atoms with van der Waals surface area (Å²) in [6, 6.07) is 3.12. The second-order valence-electron chi connectivity index (χ2n) is 6.36. The van der Waals surface area contributed by atoms with Gasteiger partial charge in [0.25, 0.3) is 0 Å². The molecule has 0 radical (unpaired) electrons. The Bertz CT molecular complexity index is 611. The van der Waals surface area contributed by atoms with Crippen LogP contribution in [0.4, 0.5) is 9.18 Å². The van der Waals surface area contributed by atoms with Crippen LogP contribution in [0.25, 0.3) is 0 Å². The molecule has 1 amide bonds. The summed E-state index contributed by atoms with van der Waals surface area (Å²) in [4.78, 5) is 23.5. The first-order chi connectivity index (χ1) is 10.7. The van der Waals surface area contributed by atoms with Crippen LogP contribution in [0.3, 0.4) is 0 Å². The van der Waals surface area contributed by atoms with Crippen molar-refractivity contribution in [2.75, 3.05) is 6.61 Å². The van der Waals surface area contributed by atoms with Gasteiger partial charge in [-0.05, 0) is 33.3 Å². The van der Waals surface area contributed by atoms with Crippen molar-refractivity contribution in [1.29, 1.82) is 0 Å². The number of benzene rings is 1. The predicted molar refractivity (Wildman–Crippen MR) is 80.0 cm³/mol. The van der Waals surface area contributed by atoms with E-state index in [0.29, 0.717) is 12.0 Å². The Balaban J connectivity index is 2.25. The van der Waals surface area contributed by atoms with Gasteiger partial charge < -0.3 is 19.9 Å². The Morgan fingerprint density at radius 3 is 2.74 bits per heavy atom. The van der Waals surface area contributed by atoms with Gasteiger partial charge in [-0.25, -0.2) is 14.0 Å². The van der Waals surface area contributed by atoms with E-state index in [-0.39, 0.29) is 12.4 Å². The molecule has 6 nitrogen and oxygen atoms in total. The highest BCUT2D eigenvalue weighted by Crippen LogP contribution is 2.37. The lowest BCUT2D eigenvalue weighted by molar-refractivity contribution is -0.140. The van der Waals surface area contributed by atoms with Crippen molar-refractivity contribution in [3.63, 3.8) is 0 Å². The fraction of sp³-hybridized carbons (Fsp3) is 0.500. The molecule has 1 unspecified atom stereocenters. The summed E-state index contributed by atoms with van der Waals surface area (Å²) in [5.74, 6) is -2.31. The lowest BCUT2D eigenvalue weighted by Crippen LogP contribution is -2.47. The van der Waals surface area contributed by atoms with E-state index >= 15 is 0 Å². The zero-order valence-electron chi connectivity index (χ0n) is 13.3. The minimum absolute atomic E-state index is 0.0426. The molecule has 1 aromatic rings. The number of carbonyl (C=O) groups excluding carboxylic acids is 1. The number of para-hydroxylation sites is 1. The second kappa shape index (κ2) is 6.44. The third kappa shape index (κ3) is 4.12. The van der Waals surface area contributed by atoms with E-state index in [0.717, 1.165) is 0 Å². The minimum Gasteiger partial charge on any atom is -0.490 e. The number of hydrogen-bond acceptors (Lipinski definition) is 4. The molecule has 1 aliphatic rings. The van der Waals surface area contributed by atoms with Gasteiger partial charge in [0.05, 0.1) is 6.61 Å². The molecule has 2 rings (SSSR count). The number of carbonyl (C=O) groups is 2. The molecule has 0 aromatic heterocycles. The zero-order valence-corrected chi connectivity index (χ0v) is 13.3. The number of fused-ring (bicyclic) bond motifs is 1. The zero-order chi connectivity index (χ0) is 17.2. The van der Waals surface area contributed by atoms with Gasteiger partial charge in [-0.1, -0.05) is 12.1 Å². The van der Waals surface area contributed by atoms with Gasteiger partial charge in [0.1, 0.15) is 11.6 Å². The molecule has 1 aromatic carbocycles. The van der Waals surface area contributed by atoms with Crippen LogP contribution >= 0.6 is 0 Å². The van der Waals surface area contributed by atoms with Gasteiger partial charge in [0.15, 0.2) is 11.6 Å². The van der Waals surface area contributed by atoms with Crippen LogP contribution in [-0.2, 0) is 9.53 Å². The summed E-state index contributed by atoms with van der Waals surface area (Å²) in [6.45, 7) is 5.23. The number of hydrogen-bond donors (Lipinski definition) is 2. The number of carboxylic acid groups (broad SMARTS) is 1. The molecule has 1 aliphatic heterocycles. The van der Waals surface area contributed by atoms with E-state index in [1.807, 2.05) is 0 Å². The lowest BCUT2D eigenvalue weighted by Gasteiger charge is -2.31. The SMILES string of the molecule is CC(C)(C)OC(=O)NC(C(=O)O)[C@H]1CCOc2c(F)cccc21. The molecule has 2 atom stereocenters. The molecular weight excluding hydrogens is 305 g/mol. The van der Waals surface area contributed by atoms with Gasteiger partial charge in [-0.15, -0.1) is 0 Å². The van der Waals surface area contributed by atoms with Crippen molar-refractivity contribution in [3.8, 4) is 5.75 Å². The normalized spacial score (nSPS) is 18.3. The Kier molecular flexibility index (Phi) is 4.77. The Morgan fingerprint density at radius 2 is 2.13 bits per heavy atom. The van der Waals surface area contributed by atoms with Crippen molar-refractivity contribution in [1.82, 2.24) is 5.32 Å². The first kappa shape index (κ1) is 17.1. The van der Waals surface area contributed by atoms with E-state index in [9.17, 15) is 19.1 Å². The number of aliphatic carboxylic acids is 1. The first-order valence-corrected chi connectivity index (χ1v) is 7.32. The average molecular weight is 325 g/mol. The number of carboxylic acids is 1. The average Bonchev–Trinajstić information content (AvgIpc) is 2.43. The monoisotopic (exact) mass is 325 g/mol. The first-order valence-electron chi connectivity index (χ1n) is 7.32. The third-order valence-electron chi connectivity index (χ3n) is 3.41. The van der Waals surface area contributed by atoms with E-state index in [2.05, 4.69) is 5.32 Å². The van der Waals surface area contributed by atoms with Gasteiger partial charge in [-0.3, -0.25) is 0 Å². The number of ether oxygens (including phenoxy) is 2. The highest BCUT2D eigenvalue weighted by molar-refractivity contribution is 5.81. The molecule has 0 spiro atoms. The number of amides is 1. The number of nitrogens with one attached hydrogen (secondary N) is 1. The molecular formula is C16H20FNO5. The molecule has 7 heteroatoms.